The summed E-state index contributed by atoms with van der Waals surface area (Å²) in [5, 5.41) is 0. The lowest BCUT2D eigenvalue weighted by molar-refractivity contribution is 0.755. The Morgan fingerprint density at radius 1 is 1.45 bits per heavy atom. The number of rotatable bonds is 3. The second-order valence-corrected chi connectivity index (χ2v) is 2.69. The van der Waals surface area contributed by atoms with Crippen molar-refractivity contribution in [3.8, 4) is 0 Å². The first-order valence-corrected chi connectivity index (χ1v) is 4.25. The highest BCUT2D eigenvalue weighted by atomic mass is 14.9. The fraction of sp³-hybridized carbons (Fsp3) is 0.778. The summed E-state index contributed by atoms with van der Waals surface area (Å²) < 4.78 is 0. The Bertz CT molecular complexity index is 148. The van der Waals surface area contributed by atoms with Crippen LogP contribution in [-0.4, -0.2) is 18.6 Å². The molecule has 1 atom stereocenters. The number of nitrogens with zero attached hydrogens (tertiary/aromatic N) is 2. The summed E-state index contributed by atoms with van der Waals surface area (Å²) in [5.41, 5.74) is 0. The molecule has 0 radical (unpaired) electrons. The lowest BCUT2D eigenvalue weighted by Gasteiger charge is -1.97. The van der Waals surface area contributed by atoms with Gasteiger partial charge in [0.15, 0.2) is 0 Å². The van der Waals surface area contributed by atoms with Gasteiger partial charge in [0.05, 0.1) is 0 Å². The predicted molar refractivity (Wildman–Crippen MR) is 51.6 cm³/mol. The first-order valence-electron chi connectivity index (χ1n) is 4.25. The molecule has 0 aliphatic heterocycles. The Morgan fingerprint density at radius 3 is 2.55 bits per heavy atom. The zero-order chi connectivity index (χ0) is 8.69. The molecular weight excluding hydrogens is 136 g/mol. The number of amidine groups is 1. The summed E-state index contributed by atoms with van der Waals surface area (Å²) in [6.07, 6.45) is 3.11. The van der Waals surface area contributed by atoms with Gasteiger partial charge in [-0.1, -0.05) is 13.8 Å². The van der Waals surface area contributed by atoms with E-state index in [1.807, 2.05) is 20.1 Å². The van der Waals surface area contributed by atoms with Crippen LogP contribution in [0.2, 0.25) is 0 Å². The molecule has 0 N–H and O–H groups in total. The normalized spacial score (nSPS) is 15.8. The fourth-order valence-corrected chi connectivity index (χ4v) is 0.610. The van der Waals surface area contributed by atoms with Gasteiger partial charge in [-0.15, -0.1) is 0 Å². The maximum Gasteiger partial charge on any atom is 0.119 e. The van der Waals surface area contributed by atoms with Crippen molar-refractivity contribution in [2.24, 2.45) is 15.9 Å². The lowest BCUT2D eigenvalue weighted by Crippen LogP contribution is -1.96. The van der Waals surface area contributed by atoms with Gasteiger partial charge in [-0.05, 0) is 26.2 Å². The molecule has 0 aromatic rings. The third kappa shape index (κ3) is 5.77. The number of aliphatic imine (C=N–C) groups is 2. The van der Waals surface area contributed by atoms with Crippen molar-refractivity contribution in [2.45, 2.75) is 34.1 Å². The molecule has 0 spiro atoms. The highest BCUT2D eigenvalue weighted by Gasteiger charge is 1.91. The molecular formula is C9H18N2. The minimum atomic E-state index is 0.567. The van der Waals surface area contributed by atoms with E-state index in [4.69, 9.17) is 0 Å². The first-order chi connectivity index (χ1) is 5.20. The average Bonchev–Trinajstić information content (AvgIpc) is 2.01. The maximum absolute atomic E-state index is 4.21. The van der Waals surface area contributed by atoms with Crippen LogP contribution in [0.4, 0.5) is 0 Å². The molecule has 0 saturated heterocycles. The molecule has 0 fully saturated rings. The molecule has 11 heavy (non-hydrogen) atoms. The molecule has 0 bridgehead atoms. The van der Waals surface area contributed by atoms with E-state index in [1.54, 1.807) is 0 Å². The molecule has 0 heterocycles. The summed E-state index contributed by atoms with van der Waals surface area (Å²) in [7, 11) is 0. The maximum atomic E-state index is 4.21. The van der Waals surface area contributed by atoms with E-state index in [0.29, 0.717) is 5.92 Å². The third-order valence-corrected chi connectivity index (χ3v) is 1.55. The van der Waals surface area contributed by atoms with Gasteiger partial charge in [-0.3, -0.25) is 4.99 Å². The summed E-state index contributed by atoms with van der Waals surface area (Å²) in [6.45, 7) is 9.08. The third-order valence-electron chi connectivity index (χ3n) is 1.55. The summed E-state index contributed by atoms with van der Waals surface area (Å²) in [5.74, 6) is 1.45. The van der Waals surface area contributed by atoms with Gasteiger partial charge >= 0.3 is 0 Å². The van der Waals surface area contributed by atoms with Crippen LogP contribution in [0, 0.1) is 5.92 Å². The van der Waals surface area contributed by atoms with Crippen molar-refractivity contribution in [3.05, 3.63) is 0 Å². The van der Waals surface area contributed by atoms with Gasteiger partial charge in [-0.25, -0.2) is 4.99 Å². The molecule has 0 amide bonds. The highest BCUT2D eigenvalue weighted by Crippen LogP contribution is 1.95. The smallest absolute Gasteiger partial charge is 0.119 e. The van der Waals surface area contributed by atoms with Gasteiger partial charge in [0, 0.05) is 12.8 Å². The van der Waals surface area contributed by atoms with Crippen molar-refractivity contribution in [3.63, 3.8) is 0 Å². The lowest BCUT2D eigenvalue weighted by atomic mass is 10.1. The largest absolute Gasteiger partial charge is 0.271 e. The number of hydrogen-bond acceptors (Lipinski definition) is 1. The van der Waals surface area contributed by atoms with Gasteiger partial charge in [0.25, 0.3) is 0 Å². The van der Waals surface area contributed by atoms with Crippen LogP contribution in [0.1, 0.15) is 34.1 Å². The zero-order valence-electron chi connectivity index (χ0n) is 7.96. The molecule has 0 aromatic heterocycles. The zero-order valence-corrected chi connectivity index (χ0v) is 7.96. The SMILES string of the molecule is CCN=C(C)N=CC(C)CC. The molecule has 0 rings (SSSR count). The van der Waals surface area contributed by atoms with Crippen molar-refractivity contribution in [1.29, 1.82) is 0 Å². The quantitative estimate of drug-likeness (QED) is 0.441. The van der Waals surface area contributed by atoms with Crippen LogP contribution >= 0.6 is 0 Å². The first kappa shape index (κ1) is 10.3. The monoisotopic (exact) mass is 154 g/mol. The van der Waals surface area contributed by atoms with E-state index in [9.17, 15) is 0 Å². The Labute approximate surface area is 69.4 Å². The standard InChI is InChI=1S/C9H18N2/c1-5-8(3)7-11-9(4)10-6-2/h7-8H,5-6H2,1-4H3. The fourth-order valence-electron chi connectivity index (χ4n) is 0.610. The van der Waals surface area contributed by atoms with Crippen LogP contribution < -0.4 is 0 Å². The topological polar surface area (TPSA) is 24.7 Å². The molecule has 0 aliphatic carbocycles. The molecule has 64 valence electrons. The van der Waals surface area contributed by atoms with Gasteiger partial charge in [0.2, 0.25) is 0 Å². The van der Waals surface area contributed by atoms with Crippen LogP contribution in [0.15, 0.2) is 9.98 Å². The minimum absolute atomic E-state index is 0.567. The van der Waals surface area contributed by atoms with Crippen LogP contribution in [0.25, 0.3) is 0 Å². The molecule has 0 saturated carbocycles. The minimum Gasteiger partial charge on any atom is -0.271 e. The second kappa shape index (κ2) is 6.08. The summed E-state index contributed by atoms with van der Waals surface area (Å²) in [4.78, 5) is 8.36. The van der Waals surface area contributed by atoms with Gasteiger partial charge in [0.1, 0.15) is 5.84 Å². The Kier molecular flexibility index (Phi) is 5.71. The van der Waals surface area contributed by atoms with E-state index in [0.717, 1.165) is 18.8 Å². The Hall–Kier alpha value is -0.660. The second-order valence-electron chi connectivity index (χ2n) is 2.69. The molecule has 0 aromatic carbocycles. The highest BCUT2D eigenvalue weighted by molar-refractivity contribution is 5.87. The van der Waals surface area contributed by atoms with Crippen molar-refractivity contribution < 1.29 is 0 Å². The van der Waals surface area contributed by atoms with E-state index < -0.39 is 0 Å². The van der Waals surface area contributed by atoms with Crippen LogP contribution in [-0.2, 0) is 0 Å². The van der Waals surface area contributed by atoms with E-state index in [1.165, 1.54) is 0 Å². The Balaban J connectivity index is 3.81. The number of hydrogen-bond donors (Lipinski definition) is 0. The van der Waals surface area contributed by atoms with Crippen molar-refractivity contribution in [2.75, 3.05) is 6.54 Å². The van der Waals surface area contributed by atoms with E-state index in [2.05, 4.69) is 23.8 Å². The van der Waals surface area contributed by atoms with Gasteiger partial charge < -0.3 is 0 Å². The molecule has 2 heteroatoms. The van der Waals surface area contributed by atoms with E-state index >= 15 is 0 Å². The summed E-state index contributed by atoms with van der Waals surface area (Å²) in [6, 6.07) is 0. The summed E-state index contributed by atoms with van der Waals surface area (Å²) >= 11 is 0. The van der Waals surface area contributed by atoms with Crippen LogP contribution in [0.5, 0.6) is 0 Å². The Morgan fingerprint density at radius 2 is 2.09 bits per heavy atom. The van der Waals surface area contributed by atoms with Crippen molar-refractivity contribution >= 4 is 12.1 Å². The van der Waals surface area contributed by atoms with Gasteiger partial charge in [-0.2, -0.15) is 0 Å². The molecule has 2 nitrogen and oxygen atoms in total. The van der Waals surface area contributed by atoms with E-state index in [-0.39, 0.29) is 0 Å². The average molecular weight is 154 g/mol. The van der Waals surface area contributed by atoms with Crippen molar-refractivity contribution in [1.82, 2.24) is 0 Å². The molecule has 1 unspecified atom stereocenters. The molecule has 0 aliphatic rings. The van der Waals surface area contributed by atoms with Crippen LogP contribution in [0.3, 0.4) is 0 Å². The predicted octanol–water partition coefficient (Wildman–Crippen LogP) is 2.54.